The topological polar surface area (TPSA) is 69.6 Å². The van der Waals surface area contributed by atoms with Gasteiger partial charge in [-0.3, -0.25) is 4.79 Å². The van der Waals surface area contributed by atoms with Gasteiger partial charge in [-0.15, -0.1) is 0 Å². The molecule has 0 radical (unpaired) electrons. The van der Waals surface area contributed by atoms with Crippen molar-refractivity contribution in [3.05, 3.63) is 134 Å². The van der Waals surface area contributed by atoms with Crippen molar-refractivity contribution in [3.8, 4) is 0 Å². The van der Waals surface area contributed by atoms with Crippen molar-refractivity contribution in [3.63, 3.8) is 0 Å². The van der Waals surface area contributed by atoms with E-state index < -0.39 is 12.1 Å². The number of rotatable bonds is 48. The molecule has 0 aliphatic carbocycles. The van der Waals surface area contributed by atoms with Gasteiger partial charge >= 0.3 is 0 Å². The van der Waals surface area contributed by atoms with Gasteiger partial charge in [0.15, 0.2) is 0 Å². The van der Waals surface area contributed by atoms with Crippen molar-refractivity contribution in [2.24, 2.45) is 0 Å². The van der Waals surface area contributed by atoms with Gasteiger partial charge in [-0.1, -0.05) is 263 Å². The predicted octanol–water partition coefficient (Wildman–Crippen LogP) is 18.2. The lowest BCUT2D eigenvalue weighted by molar-refractivity contribution is -0.123. The molecule has 66 heavy (non-hydrogen) atoms. The van der Waals surface area contributed by atoms with Crippen molar-refractivity contribution < 1.29 is 15.0 Å². The van der Waals surface area contributed by atoms with Crippen LogP contribution in [-0.4, -0.2) is 34.9 Å². The number of unbranched alkanes of at least 4 members (excludes halogenated alkanes) is 21. The molecule has 0 aromatic carbocycles. The van der Waals surface area contributed by atoms with E-state index in [4.69, 9.17) is 0 Å². The van der Waals surface area contributed by atoms with Gasteiger partial charge in [0.1, 0.15) is 0 Å². The van der Waals surface area contributed by atoms with Crippen molar-refractivity contribution in [2.75, 3.05) is 6.61 Å². The molecular formula is C62H103NO3. The lowest BCUT2D eigenvalue weighted by Gasteiger charge is -2.20. The Balaban J connectivity index is 3.61. The molecule has 0 heterocycles. The molecule has 2 atom stereocenters. The van der Waals surface area contributed by atoms with Crippen LogP contribution in [0.1, 0.15) is 232 Å². The number of amides is 1. The SMILES string of the molecule is CC/C=C\C/C=C\C/C=C\C/C=C\C/C=C\C/C=C\C/C=C\C/C=C\C/C=C\C/C=C\CCCCCCCCCCCCC(=O)NC(CO)C(O)/C=C/CCCCCCCCCCCCC. The standard InChI is InChI=1S/C62H103NO3/c1-3-5-7-9-11-13-15-17-18-19-20-21-22-23-24-25-26-27-28-29-30-31-32-33-34-35-36-37-38-39-40-41-42-43-44-46-48-50-52-54-56-58-62(66)63-60(59-64)61(65)57-55-53-51-49-47-45-16-14-12-10-8-6-4-2/h5,7,11,13,17-18,20-21,23-24,26-27,29-30,32-33,35-36,38-39,55,57,60-61,64-65H,3-4,6,8-10,12,14-16,19,22,25,28,31,34,37,40-54,56,58-59H2,1-2H3,(H,63,66)/b7-5-,13-11-,18-17-,21-20-,24-23-,27-26-,30-29-,33-32-,36-35-,39-38-,57-55+. The third-order valence-corrected chi connectivity index (χ3v) is 11.6. The molecule has 0 aliphatic rings. The molecule has 0 rings (SSSR count). The summed E-state index contributed by atoms with van der Waals surface area (Å²) >= 11 is 0. The minimum atomic E-state index is -0.848. The zero-order valence-electron chi connectivity index (χ0n) is 42.9. The lowest BCUT2D eigenvalue weighted by atomic mass is 10.0. The van der Waals surface area contributed by atoms with E-state index in [0.717, 1.165) is 89.9 Å². The Labute approximate surface area is 409 Å². The van der Waals surface area contributed by atoms with Gasteiger partial charge in [-0.2, -0.15) is 0 Å². The molecule has 3 N–H and O–H groups in total. The molecule has 4 nitrogen and oxygen atoms in total. The van der Waals surface area contributed by atoms with Gasteiger partial charge in [0.05, 0.1) is 18.8 Å². The van der Waals surface area contributed by atoms with E-state index >= 15 is 0 Å². The average molecular weight is 911 g/mol. The summed E-state index contributed by atoms with van der Waals surface area (Å²) in [5, 5.41) is 23.0. The van der Waals surface area contributed by atoms with Crippen molar-refractivity contribution in [1.29, 1.82) is 0 Å². The number of allylic oxidation sites excluding steroid dienone is 21. The number of aliphatic hydroxyl groups is 2. The second-order valence-corrected chi connectivity index (χ2v) is 17.9. The molecule has 0 saturated heterocycles. The van der Waals surface area contributed by atoms with Gasteiger partial charge in [0, 0.05) is 6.42 Å². The first kappa shape index (κ1) is 62.5. The first-order chi connectivity index (χ1) is 32.7. The van der Waals surface area contributed by atoms with Gasteiger partial charge in [0.2, 0.25) is 5.91 Å². The van der Waals surface area contributed by atoms with E-state index in [1.165, 1.54) is 122 Å². The minimum Gasteiger partial charge on any atom is -0.394 e. The molecule has 1 amide bonds. The molecule has 0 saturated carbocycles. The Kier molecular flexibility index (Phi) is 52.9. The Morgan fingerprint density at radius 2 is 0.667 bits per heavy atom. The van der Waals surface area contributed by atoms with Gasteiger partial charge < -0.3 is 15.5 Å². The zero-order chi connectivity index (χ0) is 47.7. The van der Waals surface area contributed by atoms with Crippen LogP contribution in [0.15, 0.2) is 134 Å². The maximum Gasteiger partial charge on any atom is 0.220 e. The first-order valence-electron chi connectivity index (χ1n) is 27.4. The summed E-state index contributed by atoms with van der Waals surface area (Å²) in [5.41, 5.74) is 0. The molecular weight excluding hydrogens is 807 g/mol. The largest absolute Gasteiger partial charge is 0.394 e. The monoisotopic (exact) mass is 910 g/mol. The van der Waals surface area contributed by atoms with Crippen LogP contribution in [-0.2, 0) is 4.79 Å². The van der Waals surface area contributed by atoms with Crippen LogP contribution in [0.5, 0.6) is 0 Å². The molecule has 374 valence electrons. The van der Waals surface area contributed by atoms with Crippen LogP contribution in [0.2, 0.25) is 0 Å². The normalized spacial score (nSPS) is 13.9. The number of hydrogen-bond donors (Lipinski definition) is 3. The first-order valence-corrected chi connectivity index (χ1v) is 27.4. The highest BCUT2D eigenvalue weighted by molar-refractivity contribution is 5.76. The second-order valence-electron chi connectivity index (χ2n) is 17.9. The van der Waals surface area contributed by atoms with Crippen LogP contribution in [0.3, 0.4) is 0 Å². The third-order valence-electron chi connectivity index (χ3n) is 11.6. The molecule has 2 unspecified atom stereocenters. The fourth-order valence-corrected chi connectivity index (χ4v) is 7.50. The summed E-state index contributed by atoms with van der Waals surface area (Å²) in [5.74, 6) is -0.0746. The molecule has 0 spiro atoms. The van der Waals surface area contributed by atoms with Gasteiger partial charge in [-0.25, -0.2) is 0 Å². The van der Waals surface area contributed by atoms with E-state index in [0.29, 0.717) is 6.42 Å². The highest BCUT2D eigenvalue weighted by Gasteiger charge is 2.18. The third kappa shape index (κ3) is 51.5. The highest BCUT2D eigenvalue weighted by atomic mass is 16.3. The van der Waals surface area contributed by atoms with Crippen LogP contribution >= 0.6 is 0 Å². The fourth-order valence-electron chi connectivity index (χ4n) is 7.50. The van der Waals surface area contributed by atoms with Crippen molar-refractivity contribution in [2.45, 2.75) is 244 Å². The number of carbonyl (C=O) groups excluding carboxylic acids is 1. The summed E-state index contributed by atoms with van der Waals surface area (Å²) in [6.07, 6.45) is 87.4. The van der Waals surface area contributed by atoms with E-state index in [1.807, 2.05) is 6.08 Å². The summed E-state index contributed by atoms with van der Waals surface area (Å²) in [6, 6.07) is -0.632. The van der Waals surface area contributed by atoms with Crippen molar-refractivity contribution >= 4 is 5.91 Å². The number of carbonyl (C=O) groups is 1. The maximum absolute atomic E-state index is 12.4. The zero-order valence-corrected chi connectivity index (χ0v) is 42.9. The van der Waals surface area contributed by atoms with Gasteiger partial charge in [-0.05, 0) is 96.3 Å². The quantitative estimate of drug-likeness (QED) is 0.0421. The summed E-state index contributed by atoms with van der Waals surface area (Å²) in [4.78, 5) is 12.4. The Morgan fingerprint density at radius 3 is 1.00 bits per heavy atom. The van der Waals surface area contributed by atoms with Crippen LogP contribution in [0.25, 0.3) is 0 Å². The van der Waals surface area contributed by atoms with Crippen molar-refractivity contribution in [1.82, 2.24) is 5.32 Å². The highest BCUT2D eigenvalue weighted by Crippen LogP contribution is 2.14. The van der Waals surface area contributed by atoms with Gasteiger partial charge in [0.25, 0.3) is 0 Å². The number of nitrogens with one attached hydrogen (secondary N) is 1. The molecule has 4 heteroatoms. The van der Waals surface area contributed by atoms with E-state index in [1.54, 1.807) is 6.08 Å². The predicted molar refractivity (Wildman–Crippen MR) is 294 cm³/mol. The molecule has 0 aliphatic heterocycles. The van der Waals surface area contributed by atoms with E-state index in [-0.39, 0.29) is 12.5 Å². The molecule has 0 aromatic heterocycles. The summed E-state index contributed by atoms with van der Waals surface area (Å²) < 4.78 is 0. The minimum absolute atomic E-state index is 0.0746. The van der Waals surface area contributed by atoms with E-state index in [9.17, 15) is 15.0 Å². The molecule has 0 bridgehead atoms. The number of hydrogen-bond acceptors (Lipinski definition) is 3. The Bertz CT molecular complexity index is 1350. The average Bonchev–Trinajstić information content (AvgIpc) is 3.32. The summed E-state index contributed by atoms with van der Waals surface area (Å²) in [6.45, 7) is 4.18. The second kappa shape index (κ2) is 55.9. The molecule has 0 fully saturated rings. The maximum atomic E-state index is 12.4. The smallest absolute Gasteiger partial charge is 0.220 e. The van der Waals surface area contributed by atoms with Crippen LogP contribution in [0, 0.1) is 0 Å². The van der Waals surface area contributed by atoms with Crippen LogP contribution < -0.4 is 5.32 Å². The lowest BCUT2D eigenvalue weighted by Crippen LogP contribution is -2.45. The fraction of sp³-hybridized carbons (Fsp3) is 0.629. The Hall–Kier alpha value is -3.47. The molecule has 0 aromatic rings. The number of aliphatic hydroxyl groups excluding tert-OH is 2. The Morgan fingerprint density at radius 1 is 0.379 bits per heavy atom. The van der Waals surface area contributed by atoms with E-state index in [2.05, 4.69) is 141 Å². The summed E-state index contributed by atoms with van der Waals surface area (Å²) in [7, 11) is 0. The van der Waals surface area contributed by atoms with Crippen LogP contribution in [0.4, 0.5) is 0 Å².